The van der Waals surface area contributed by atoms with Crippen LogP contribution in [-0.2, 0) is 9.53 Å². The lowest BCUT2D eigenvalue weighted by atomic mass is 9.68. The van der Waals surface area contributed by atoms with Crippen molar-refractivity contribution in [2.24, 2.45) is 23.7 Å². The van der Waals surface area contributed by atoms with E-state index in [1.807, 2.05) is 0 Å². The highest BCUT2D eigenvalue weighted by Gasteiger charge is 2.75. The molecule has 0 heterocycles. The Kier molecular flexibility index (Phi) is 7.34. The van der Waals surface area contributed by atoms with Crippen LogP contribution in [0, 0.1) is 23.7 Å². The van der Waals surface area contributed by atoms with E-state index < -0.39 is 97.3 Å². The molecule has 2 saturated carbocycles. The fourth-order valence-electron chi connectivity index (χ4n) is 5.00. The SMILES string of the molecule is C=C(C)C(=O)OC1CC2CC1C(CC(O)(C(F)(F)F)C(F)(F)F)C2CC(O)(C(F)(F)F)C(F)(F)F. The molecule has 2 bridgehead atoms. The minimum atomic E-state index is -6.40. The van der Waals surface area contributed by atoms with Gasteiger partial charge in [-0.25, -0.2) is 4.79 Å². The first-order valence-electron chi connectivity index (χ1n) is 9.95. The summed E-state index contributed by atoms with van der Waals surface area (Å²) in [6.07, 6.45) is -32.6. The molecule has 16 heteroatoms. The maximum absolute atomic E-state index is 13.3. The predicted molar refractivity (Wildman–Crippen MR) is 91.2 cm³/mol. The zero-order valence-electron chi connectivity index (χ0n) is 17.7. The van der Waals surface area contributed by atoms with Gasteiger partial charge in [-0.05, 0) is 56.3 Å². The number of fused-ring (bicyclic) bond motifs is 2. The number of halogens is 12. The molecule has 0 radical (unpaired) electrons. The summed E-state index contributed by atoms with van der Waals surface area (Å²) >= 11 is 0. The van der Waals surface area contributed by atoms with Gasteiger partial charge in [-0.1, -0.05) is 6.58 Å². The molecule has 204 valence electrons. The van der Waals surface area contributed by atoms with E-state index in [0.29, 0.717) is 0 Å². The van der Waals surface area contributed by atoms with Gasteiger partial charge in [-0.2, -0.15) is 52.7 Å². The lowest BCUT2D eigenvalue weighted by Crippen LogP contribution is -2.61. The molecule has 35 heavy (non-hydrogen) atoms. The number of esters is 1. The number of rotatable bonds is 6. The average molecular weight is 540 g/mol. The number of aliphatic hydroxyl groups is 2. The van der Waals surface area contributed by atoms with Gasteiger partial charge in [0.15, 0.2) is 0 Å². The molecule has 0 aliphatic heterocycles. The molecule has 0 aromatic rings. The van der Waals surface area contributed by atoms with Gasteiger partial charge in [0.05, 0.1) is 0 Å². The smallest absolute Gasteiger partial charge is 0.426 e. The molecule has 2 N–H and O–H groups in total. The zero-order valence-corrected chi connectivity index (χ0v) is 17.7. The minimum absolute atomic E-state index is 0.230. The topological polar surface area (TPSA) is 66.8 Å². The molecule has 2 aliphatic carbocycles. The van der Waals surface area contributed by atoms with Crippen LogP contribution in [-0.4, -0.2) is 58.2 Å². The minimum Gasteiger partial charge on any atom is -0.459 e. The van der Waals surface area contributed by atoms with E-state index in [4.69, 9.17) is 4.74 Å². The van der Waals surface area contributed by atoms with Crippen LogP contribution in [0.25, 0.3) is 0 Å². The summed E-state index contributed by atoms with van der Waals surface area (Å²) in [6, 6.07) is 0. The van der Waals surface area contributed by atoms with Gasteiger partial charge in [0.2, 0.25) is 0 Å². The Bertz CT molecular complexity index is 798. The second-order valence-corrected chi connectivity index (χ2v) is 9.07. The van der Waals surface area contributed by atoms with Crippen LogP contribution >= 0.6 is 0 Å². The van der Waals surface area contributed by atoms with Gasteiger partial charge in [0, 0.05) is 5.57 Å². The number of carbonyl (C=O) groups is 1. The first kappa shape index (κ1) is 29.5. The van der Waals surface area contributed by atoms with Crippen LogP contribution in [0.4, 0.5) is 52.7 Å². The van der Waals surface area contributed by atoms with Crippen molar-refractivity contribution in [1.82, 2.24) is 0 Å². The molecule has 2 fully saturated rings. The molecular formula is C19H20F12O4. The molecule has 5 unspecified atom stereocenters. The van der Waals surface area contributed by atoms with Gasteiger partial charge in [-0.3, -0.25) is 0 Å². The van der Waals surface area contributed by atoms with Crippen LogP contribution in [0.1, 0.15) is 32.6 Å². The summed E-state index contributed by atoms with van der Waals surface area (Å²) in [5.41, 5.74) is -11.2. The largest absolute Gasteiger partial charge is 0.459 e. The zero-order chi connectivity index (χ0) is 27.6. The standard InChI is InChI=1S/C19H20F12O4/c1-7(2)13(32)35-12-4-8-3-9(12)11(6-15(34,18(26,27)28)19(29,30)31)10(8)5-14(33,16(20,21)22)17(23,24)25/h8-12,33-34H,1,3-6H2,2H3. The molecule has 0 spiro atoms. The maximum Gasteiger partial charge on any atom is 0.426 e. The molecule has 2 aliphatic rings. The summed E-state index contributed by atoms with van der Waals surface area (Å²) in [5, 5.41) is 19.1. The van der Waals surface area contributed by atoms with E-state index in [2.05, 4.69) is 6.58 Å². The van der Waals surface area contributed by atoms with Gasteiger partial charge >= 0.3 is 30.7 Å². The molecular weight excluding hydrogens is 520 g/mol. The molecule has 4 nitrogen and oxygen atoms in total. The fraction of sp³-hybridized carbons (Fsp3) is 0.842. The summed E-state index contributed by atoms with van der Waals surface area (Å²) < 4.78 is 164. The molecule has 0 aromatic carbocycles. The van der Waals surface area contributed by atoms with Gasteiger partial charge in [0.25, 0.3) is 11.2 Å². The second-order valence-electron chi connectivity index (χ2n) is 9.07. The van der Waals surface area contributed by atoms with Crippen LogP contribution < -0.4 is 0 Å². The fourth-order valence-corrected chi connectivity index (χ4v) is 5.00. The monoisotopic (exact) mass is 540 g/mol. The van der Waals surface area contributed by atoms with Crippen LogP contribution in [0.5, 0.6) is 0 Å². The van der Waals surface area contributed by atoms with Crippen molar-refractivity contribution in [3.05, 3.63) is 12.2 Å². The van der Waals surface area contributed by atoms with E-state index in [1.54, 1.807) is 0 Å². The number of ether oxygens (including phenoxy) is 1. The van der Waals surface area contributed by atoms with Crippen molar-refractivity contribution in [1.29, 1.82) is 0 Å². The van der Waals surface area contributed by atoms with E-state index in [1.165, 1.54) is 0 Å². The highest BCUT2D eigenvalue weighted by molar-refractivity contribution is 5.87. The molecule has 0 saturated heterocycles. The van der Waals surface area contributed by atoms with E-state index in [0.717, 1.165) is 6.92 Å². The summed E-state index contributed by atoms with van der Waals surface area (Å²) in [6.45, 7) is 4.37. The van der Waals surface area contributed by atoms with Crippen molar-refractivity contribution in [2.75, 3.05) is 0 Å². The van der Waals surface area contributed by atoms with Crippen molar-refractivity contribution in [3.63, 3.8) is 0 Å². The van der Waals surface area contributed by atoms with Crippen molar-refractivity contribution in [3.8, 4) is 0 Å². The number of alkyl halides is 12. The first-order valence-corrected chi connectivity index (χ1v) is 9.95. The number of hydrogen-bond donors (Lipinski definition) is 2. The van der Waals surface area contributed by atoms with Crippen LogP contribution in [0.15, 0.2) is 12.2 Å². The Morgan fingerprint density at radius 3 is 1.49 bits per heavy atom. The Labute approximate surface area is 189 Å². The van der Waals surface area contributed by atoms with Crippen molar-refractivity contribution in [2.45, 2.75) is 74.6 Å². The third-order valence-corrected chi connectivity index (χ3v) is 6.84. The van der Waals surface area contributed by atoms with Gasteiger partial charge < -0.3 is 14.9 Å². The lowest BCUT2D eigenvalue weighted by molar-refractivity contribution is -0.381. The van der Waals surface area contributed by atoms with Gasteiger partial charge in [-0.15, -0.1) is 0 Å². The Morgan fingerprint density at radius 2 is 1.14 bits per heavy atom. The van der Waals surface area contributed by atoms with Crippen LogP contribution in [0.2, 0.25) is 0 Å². The third kappa shape index (κ3) is 5.09. The highest BCUT2D eigenvalue weighted by atomic mass is 19.4. The maximum atomic E-state index is 13.3. The molecule has 0 aromatic heterocycles. The molecule has 5 atom stereocenters. The van der Waals surface area contributed by atoms with Crippen LogP contribution in [0.3, 0.4) is 0 Å². The summed E-state index contributed by atoms with van der Waals surface area (Å²) in [7, 11) is 0. The second kappa shape index (κ2) is 8.70. The summed E-state index contributed by atoms with van der Waals surface area (Å²) in [4.78, 5) is 11.8. The third-order valence-electron chi connectivity index (χ3n) is 6.84. The first-order chi connectivity index (χ1) is 15.4. The van der Waals surface area contributed by atoms with E-state index >= 15 is 0 Å². The normalized spacial score (nSPS) is 28.4. The van der Waals surface area contributed by atoms with E-state index in [-0.39, 0.29) is 5.57 Å². The Hall–Kier alpha value is -1.71. The number of carbonyl (C=O) groups excluding carboxylic acids is 1. The highest BCUT2D eigenvalue weighted by Crippen LogP contribution is 2.62. The summed E-state index contributed by atoms with van der Waals surface area (Å²) in [5.74, 6) is -8.49. The molecule has 0 amide bonds. The van der Waals surface area contributed by atoms with E-state index in [9.17, 15) is 67.7 Å². The Balaban J connectivity index is 2.54. The average Bonchev–Trinajstić information content (AvgIpc) is 3.16. The van der Waals surface area contributed by atoms with Gasteiger partial charge in [0.1, 0.15) is 6.10 Å². The predicted octanol–water partition coefficient (Wildman–Crippen LogP) is 5.24. The van der Waals surface area contributed by atoms with Crippen molar-refractivity contribution < 1.29 is 72.4 Å². The lowest BCUT2D eigenvalue weighted by Gasteiger charge is -2.43. The Morgan fingerprint density at radius 1 is 0.771 bits per heavy atom. The quantitative estimate of drug-likeness (QED) is 0.275. The van der Waals surface area contributed by atoms with Crippen molar-refractivity contribution >= 4 is 5.97 Å². The molecule has 2 rings (SSSR count). The number of hydrogen-bond acceptors (Lipinski definition) is 4.